The number of thiazole rings is 1. The summed E-state index contributed by atoms with van der Waals surface area (Å²) in [5.41, 5.74) is 1.19. The summed E-state index contributed by atoms with van der Waals surface area (Å²) in [6.07, 6.45) is 5.24. The molecule has 6 nitrogen and oxygen atoms in total. The minimum atomic E-state index is 0.0204. The number of furan rings is 1. The van der Waals surface area contributed by atoms with E-state index in [0.29, 0.717) is 16.5 Å². The van der Waals surface area contributed by atoms with Crippen molar-refractivity contribution in [1.82, 2.24) is 19.5 Å². The number of rotatable bonds is 4. The maximum atomic E-state index is 11.0. The molecule has 1 fully saturated rings. The van der Waals surface area contributed by atoms with Gasteiger partial charge >= 0.3 is 0 Å². The molecule has 1 N–H and O–H groups in total. The van der Waals surface area contributed by atoms with Gasteiger partial charge in [0.15, 0.2) is 5.76 Å². The van der Waals surface area contributed by atoms with Crippen molar-refractivity contribution in [3.8, 4) is 17.5 Å². The SMILES string of the molecule is Oc1c([C@@H](c2ccccc2)N2CCCCC2)sc2nc(-c3ccco3)nn12. The molecule has 5 rings (SSSR count). The Bertz CT molecular complexity index is 1030. The molecule has 0 amide bonds. The van der Waals surface area contributed by atoms with Crippen LogP contribution in [-0.4, -0.2) is 37.7 Å². The maximum absolute atomic E-state index is 11.0. The van der Waals surface area contributed by atoms with Gasteiger partial charge in [0.2, 0.25) is 16.7 Å². The molecular formula is C20H20N4O2S. The van der Waals surface area contributed by atoms with Crippen LogP contribution >= 0.6 is 11.3 Å². The molecule has 4 aromatic rings. The number of aromatic hydroxyl groups is 1. The first-order chi connectivity index (χ1) is 13.3. The number of benzene rings is 1. The average molecular weight is 380 g/mol. The summed E-state index contributed by atoms with van der Waals surface area (Å²) in [4.78, 5) is 8.58. The average Bonchev–Trinajstić information content (AvgIpc) is 3.43. The predicted octanol–water partition coefficient (Wildman–Crippen LogP) is 4.33. The van der Waals surface area contributed by atoms with Gasteiger partial charge in [0.1, 0.15) is 0 Å². The lowest BCUT2D eigenvalue weighted by molar-refractivity contribution is 0.186. The topological polar surface area (TPSA) is 66.8 Å². The number of nitrogens with zero attached hydrogens (tertiary/aromatic N) is 4. The highest BCUT2D eigenvalue weighted by molar-refractivity contribution is 7.17. The van der Waals surface area contributed by atoms with E-state index in [1.54, 1.807) is 12.3 Å². The second kappa shape index (κ2) is 6.83. The molecule has 4 heterocycles. The fraction of sp³-hybridized carbons (Fsp3) is 0.300. The Morgan fingerprint density at radius 1 is 1.04 bits per heavy atom. The summed E-state index contributed by atoms with van der Waals surface area (Å²) in [5.74, 6) is 1.25. The van der Waals surface area contributed by atoms with Crippen LogP contribution in [0.25, 0.3) is 16.5 Å². The molecule has 1 aromatic carbocycles. The van der Waals surface area contributed by atoms with Crippen LogP contribution in [0.1, 0.15) is 35.7 Å². The molecule has 0 spiro atoms. The Labute approximate surface area is 160 Å². The van der Waals surface area contributed by atoms with Crippen molar-refractivity contribution >= 4 is 16.3 Å². The molecule has 0 bridgehead atoms. The molecule has 27 heavy (non-hydrogen) atoms. The van der Waals surface area contributed by atoms with Crippen LogP contribution < -0.4 is 0 Å². The third kappa shape index (κ3) is 2.93. The predicted molar refractivity (Wildman–Crippen MR) is 104 cm³/mol. The zero-order valence-electron chi connectivity index (χ0n) is 14.8. The largest absolute Gasteiger partial charge is 0.492 e. The third-order valence-corrected chi connectivity index (χ3v) is 6.13. The van der Waals surface area contributed by atoms with Crippen LogP contribution in [0.15, 0.2) is 53.1 Å². The molecule has 0 radical (unpaired) electrons. The summed E-state index contributed by atoms with van der Waals surface area (Å²) >= 11 is 1.49. The van der Waals surface area contributed by atoms with E-state index in [4.69, 9.17) is 4.42 Å². The van der Waals surface area contributed by atoms with Crippen LogP contribution in [0.2, 0.25) is 0 Å². The van der Waals surface area contributed by atoms with E-state index < -0.39 is 0 Å². The molecule has 7 heteroatoms. The summed E-state index contributed by atoms with van der Waals surface area (Å²) in [6.45, 7) is 2.06. The van der Waals surface area contributed by atoms with Crippen molar-refractivity contribution < 1.29 is 9.52 Å². The highest BCUT2D eigenvalue weighted by atomic mass is 32.1. The highest BCUT2D eigenvalue weighted by Gasteiger charge is 2.30. The molecular weight excluding hydrogens is 360 g/mol. The van der Waals surface area contributed by atoms with Gasteiger partial charge in [-0.2, -0.15) is 9.50 Å². The van der Waals surface area contributed by atoms with Crippen LogP contribution in [0.3, 0.4) is 0 Å². The smallest absolute Gasteiger partial charge is 0.230 e. The Morgan fingerprint density at radius 2 is 1.85 bits per heavy atom. The first-order valence-electron chi connectivity index (χ1n) is 9.22. The Morgan fingerprint density at radius 3 is 2.56 bits per heavy atom. The van der Waals surface area contributed by atoms with E-state index in [1.165, 1.54) is 40.7 Å². The van der Waals surface area contributed by atoms with Gasteiger partial charge in [0.05, 0.1) is 17.2 Å². The third-order valence-electron chi connectivity index (χ3n) is 5.06. The molecule has 1 aliphatic rings. The summed E-state index contributed by atoms with van der Waals surface area (Å²) in [7, 11) is 0. The normalized spacial score (nSPS) is 16.7. The van der Waals surface area contributed by atoms with E-state index in [-0.39, 0.29) is 11.9 Å². The van der Waals surface area contributed by atoms with Gasteiger partial charge in [-0.25, -0.2) is 0 Å². The first kappa shape index (κ1) is 16.5. The van der Waals surface area contributed by atoms with Gasteiger partial charge in [-0.05, 0) is 43.6 Å². The number of hydrogen-bond acceptors (Lipinski definition) is 6. The van der Waals surface area contributed by atoms with Crippen LogP contribution in [0, 0.1) is 0 Å². The molecule has 1 atom stereocenters. The standard InChI is InChI=1S/C20H20N4O2S/c25-19-17(27-20-21-18(22-24(19)20)15-10-7-13-26-15)16(14-8-3-1-4-9-14)23-11-5-2-6-12-23/h1,3-4,7-10,13,16,25H,2,5-6,11-12H2/t16-/m1/s1. The van der Waals surface area contributed by atoms with Crippen LogP contribution in [0.5, 0.6) is 5.88 Å². The van der Waals surface area contributed by atoms with Crippen molar-refractivity contribution in [2.75, 3.05) is 13.1 Å². The lowest BCUT2D eigenvalue weighted by atomic mass is 10.0. The number of hydrogen-bond donors (Lipinski definition) is 1. The first-order valence-corrected chi connectivity index (χ1v) is 10.0. The van der Waals surface area contributed by atoms with Gasteiger partial charge in [-0.3, -0.25) is 4.90 Å². The van der Waals surface area contributed by atoms with Crippen molar-refractivity contribution in [3.05, 3.63) is 59.2 Å². The van der Waals surface area contributed by atoms with Crippen molar-refractivity contribution in [2.24, 2.45) is 0 Å². The molecule has 0 aliphatic carbocycles. The molecule has 0 unspecified atom stereocenters. The van der Waals surface area contributed by atoms with Gasteiger partial charge in [0.25, 0.3) is 0 Å². The van der Waals surface area contributed by atoms with Gasteiger partial charge in [0, 0.05) is 0 Å². The summed E-state index contributed by atoms with van der Waals surface area (Å²) in [5, 5.41) is 15.4. The van der Waals surface area contributed by atoms with Crippen molar-refractivity contribution in [3.63, 3.8) is 0 Å². The monoisotopic (exact) mass is 380 g/mol. The van der Waals surface area contributed by atoms with E-state index in [1.807, 2.05) is 12.1 Å². The Hall–Kier alpha value is -2.64. The fourth-order valence-corrected chi connectivity index (χ4v) is 4.90. The van der Waals surface area contributed by atoms with Crippen molar-refractivity contribution in [2.45, 2.75) is 25.3 Å². The van der Waals surface area contributed by atoms with Gasteiger partial charge < -0.3 is 9.52 Å². The zero-order chi connectivity index (χ0) is 18.2. The minimum Gasteiger partial charge on any atom is -0.492 e. The van der Waals surface area contributed by atoms with E-state index in [9.17, 15) is 5.11 Å². The van der Waals surface area contributed by atoms with Crippen molar-refractivity contribution in [1.29, 1.82) is 0 Å². The lowest BCUT2D eigenvalue weighted by Crippen LogP contribution is -2.34. The minimum absolute atomic E-state index is 0.0204. The Kier molecular flexibility index (Phi) is 4.18. The number of fused-ring (bicyclic) bond motifs is 1. The second-order valence-electron chi connectivity index (χ2n) is 6.81. The highest BCUT2D eigenvalue weighted by Crippen LogP contribution is 2.41. The molecule has 138 valence electrons. The quantitative estimate of drug-likeness (QED) is 0.571. The number of piperidine rings is 1. The lowest BCUT2D eigenvalue weighted by Gasteiger charge is -2.34. The second-order valence-corrected chi connectivity index (χ2v) is 7.82. The van der Waals surface area contributed by atoms with Gasteiger partial charge in [-0.1, -0.05) is 48.1 Å². The van der Waals surface area contributed by atoms with E-state index in [0.717, 1.165) is 18.0 Å². The van der Waals surface area contributed by atoms with Crippen LogP contribution in [0.4, 0.5) is 0 Å². The van der Waals surface area contributed by atoms with E-state index in [2.05, 4.69) is 39.2 Å². The summed E-state index contributed by atoms with van der Waals surface area (Å²) < 4.78 is 6.90. The van der Waals surface area contributed by atoms with E-state index >= 15 is 0 Å². The fourth-order valence-electron chi connectivity index (χ4n) is 3.78. The molecule has 0 saturated carbocycles. The van der Waals surface area contributed by atoms with Crippen LogP contribution in [-0.2, 0) is 0 Å². The number of aromatic nitrogens is 3. The maximum Gasteiger partial charge on any atom is 0.230 e. The zero-order valence-corrected chi connectivity index (χ0v) is 15.6. The molecule has 1 aliphatic heterocycles. The summed E-state index contributed by atoms with van der Waals surface area (Å²) in [6, 6.07) is 14.0. The Balaban J connectivity index is 1.59. The molecule has 1 saturated heterocycles. The van der Waals surface area contributed by atoms with Gasteiger partial charge in [-0.15, -0.1) is 5.10 Å². The number of likely N-dealkylation sites (tertiary alicyclic amines) is 1. The molecule has 3 aromatic heterocycles.